The molecule has 0 saturated carbocycles. The predicted octanol–water partition coefficient (Wildman–Crippen LogP) is 5.18. The number of nitrogens with zero attached hydrogens (tertiary/aromatic N) is 1. The summed E-state index contributed by atoms with van der Waals surface area (Å²) in [6, 6.07) is 17.6. The van der Waals surface area contributed by atoms with Crippen LogP contribution in [0.1, 0.15) is 38.9 Å². The van der Waals surface area contributed by atoms with Crippen LogP contribution in [-0.4, -0.2) is 20.1 Å². The Hall–Kier alpha value is -4.06. The smallest absolute Gasteiger partial charge is 0.295 e. The number of fused-ring (bicyclic) bond motifs is 2. The fraction of sp³-hybridized carbons (Fsp3) is 0.185. The van der Waals surface area contributed by atoms with Gasteiger partial charge in [-0.3, -0.25) is 14.5 Å². The molecule has 0 saturated heterocycles. The van der Waals surface area contributed by atoms with Crippen LogP contribution >= 0.6 is 0 Å². The number of carbonyl (C=O) groups excluding carboxylic acids is 1. The second kappa shape index (κ2) is 7.81. The van der Waals surface area contributed by atoms with Crippen LogP contribution in [-0.2, 0) is 0 Å². The third kappa shape index (κ3) is 3.18. The van der Waals surface area contributed by atoms with Crippen LogP contribution in [0.5, 0.6) is 11.5 Å². The first-order valence-corrected chi connectivity index (χ1v) is 10.6. The van der Waals surface area contributed by atoms with E-state index in [-0.39, 0.29) is 17.1 Å². The highest BCUT2D eigenvalue weighted by molar-refractivity contribution is 6.10. The highest BCUT2D eigenvalue weighted by Gasteiger charge is 2.44. The van der Waals surface area contributed by atoms with Gasteiger partial charge in [0, 0.05) is 5.69 Å². The topological polar surface area (TPSA) is 69.0 Å². The molecule has 0 spiro atoms. The number of hydrogen-bond donors (Lipinski definition) is 0. The zero-order chi connectivity index (χ0) is 23.3. The second-order valence-corrected chi connectivity index (χ2v) is 8.13. The van der Waals surface area contributed by atoms with Crippen molar-refractivity contribution in [3.63, 3.8) is 0 Å². The lowest BCUT2D eigenvalue weighted by Crippen LogP contribution is -2.29. The average molecular weight is 441 g/mol. The van der Waals surface area contributed by atoms with Gasteiger partial charge < -0.3 is 13.9 Å². The highest BCUT2D eigenvalue weighted by Crippen LogP contribution is 2.43. The van der Waals surface area contributed by atoms with E-state index in [4.69, 9.17) is 13.9 Å². The van der Waals surface area contributed by atoms with Gasteiger partial charge in [0.15, 0.2) is 16.9 Å². The molecule has 1 unspecified atom stereocenters. The number of benzene rings is 3. The summed E-state index contributed by atoms with van der Waals surface area (Å²) in [5, 5.41) is 0.441. The zero-order valence-corrected chi connectivity index (χ0v) is 18.8. The van der Waals surface area contributed by atoms with Gasteiger partial charge in [0.05, 0.1) is 31.2 Å². The number of amides is 1. The molecule has 6 nitrogen and oxygen atoms in total. The van der Waals surface area contributed by atoms with Crippen molar-refractivity contribution in [2.45, 2.75) is 19.9 Å². The first-order chi connectivity index (χ1) is 15.9. The molecule has 0 radical (unpaired) electrons. The Morgan fingerprint density at radius 3 is 2.33 bits per heavy atom. The van der Waals surface area contributed by atoms with Crippen molar-refractivity contribution in [3.8, 4) is 11.5 Å². The number of ether oxygens (including phenoxy) is 2. The Bertz CT molecular complexity index is 1470. The molecule has 1 aliphatic rings. The molecule has 3 aromatic carbocycles. The Kier molecular flexibility index (Phi) is 4.93. The van der Waals surface area contributed by atoms with Crippen LogP contribution in [0.25, 0.3) is 11.0 Å². The predicted molar refractivity (Wildman–Crippen MR) is 127 cm³/mol. The van der Waals surface area contributed by atoms with Crippen LogP contribution in [0, 0.1) is 13.8 Å². The molecule has 4 aromatic rings. The van der Waals surface area contributed by atoms with Crippen molar-refractivity contribution >= 4 is 22.6 Å². The highest BCUT2D eigenvalue weighted by atomic mass is 16.5. The van der Waals surface area contributed by atoms with Crippen molar-refractivity contribution in [2.75, 3.05) is 19.1 Å². The molecule has 2 heterocycles. The fourth-order valence-corrected chi connectivity index (χ4v) is 4.40. The standard InChI is InChI=1S/C27H23NO5/c1-15-9-11-18(13-16(15)2)28-24(17-10-12-21(31-3)22(14-17)32-4)23-25(29)19-7-5-6-8-20(19)33-26(23)27(28)30/h5-14,24H,1-4H3. The molecule has 1 atom stereocenters. The Morgan fingerprint density at radius 1 is 0.848 bits per heavy atom. The van der Waals surface area contributed by atoms with Gasteiger partial charge in [-0.2, -0.15) is 0 Å². The van der Waals surface area contributed by atoms with E-state index in [0.29, 0.717) is 33.7 Å². The molecule has 1 amide bonds. The van der Waals surface area contributed by atoms with Gasteiger partial charge >= 0.3 is 0 Å². The first-order valence-electron chi connectivity index (χ1n) is 10.6. The molecule has 1 aliphatic heterocycles. The summed E-state index contributed by atoms with van der Waals surface area (Å²) < 4.78 is 16.9. The third-order valence-corrected chi connectivity index (χ3v) is 6.27. The van der Waals surface area contributed by atoms with Crippen molar-refractivity contribution in [1.29, 1.82) is 0 Å². The Morgan fingerprint density at radius 2 is 1.61 bits per heavy atom. The number of rotatable bonds is 4. The summed E-state index contributed by atoms with van der Waals surface area (Å²) in [5.41, 5.74) is 4.08. The normalized spacial score (nSPS) is 15.1. The van der Waals surface area contributed by atoms with E-state index in [1.54, 1.807) is 55.5 Å². The summed E-state index contributed by atoms with van der Waals surface area (Å²) in [5.74, 6) is 0.794. The van der Waals surface area contributed by atoms with E-state index in [0.717, 1.165) is 16.7 Å². The van der Waals surface area contributed by atoms with Gasteiger partial charge in [0.2, 0.25) is 5.76 Å². The van der Waals surface area contributed by atoms with Crippen molar-refractivity contribution < 1.29 is 18.7 Å². The summed E-state index contributed by atoms with van der Waals surface area (Å²) in [6.45, 7) is 4.01. The summed E-state index contributed by atoms with van der Waals surface area (Å²) in [6.07, 6.45) is 0. The lowest BCUT2D eigenvalue weighted by molar-refractivity contribution is 0.0971. The molecule has 1 aromatic heterocycles. The SMILES string of the molecule is COc1ccc(C2c3c(oc4ccccc4c3=O)C(=O)N2c2ccc(C)c(C)c2)cc1OC. The van der Waals surface area contributed by atoms with Gasteiger partial charge in [0.25, 0.3) is 5.91 Å². The van der Waals surface area contributed by atoms with E-state index in [2.05, 4.69) is 0 Å². The Labute approximate surface area is 191 Å². The molecule has 33 heavy (non-hydrogen) atoms. The van der Waals surface area contributed by atoms with E-state index in [1.807, 2.05) is 38.1 Å². The molecule has 0 fully saturated rings. The summed E-state index contributed by atoms with van der Waals surface area (Å²) in [4.78, 5) is 28.9. The number of hydrogen-bond acceptors (Lipinski definition) is 5. The van der Waals surface area contributed by atoms with Crippen LogP contribution < -0.4 is 19.8 Å². The monoisotopic (exact) mass is 441 g/mol. The van der Waals surface area contributed by atoms with E-state index in [1.165, 1.54) is 0 Å². The number of para-hydroxylation sites is 1. The van der Waals surface area contributed by atoms with E-state index >= 15 is 0 Å². The maximum atomic E-state index is 13.7. The van der Waals surface area contributed by atoms with Gasteiger partial charge in [-0.15, -0.1) is 0 Å². The maximum absolute atomic E-state index is 13.7. The first kappa shape index (κ1) is 20.8. The molecule has 166 valence electrons. The average Bonchev–Trinajstić information content (AvgIpc) is 3.13. The van der Waals surface area contributed by atoms with Gasteiger partial charge in [0.1, 0.15) is 5.58 Å². The van der Waals surface area contributed by atoms with Crippen LogP contribution in [0.2, 0.25) is 0 Å². The van der Waals surface area contributed by atoms with Gasteiger partial charge in [-0.25, -0.2) is 0 Å². The minimum atomic E-state index is -0.671. The molecular formula is C27H23NO5. The largest absolute Gasteiger partial charge is 0.493 e. The lowest BCUT2D eigenvalue weighted by Gasteiger charge is -2.26. The number of anilines is 1. The van der Waals surface area contributed by atoms with E-state index < -0.39 is 6.04 Å². The third-order valence-electron chi connectivity index (χ3n) is 6.27. The maximum Gasteiger partial charge on any atom is 0.295 e. The fourth-order valence-electron chi connectivity index (χ4n) is 4.40. The van der Waals surface area contributed by atoms with Crippen LogP contribution in [0.15, 0.2) is 69.9 Å². The quantitative estimate of drug-likeness (QED) is 0.437. The Balaban J connectivity index is 1.81. The summed E-state index contributed by atoms with van der Waals surface area (Å²) >= 11 is 0. The molecule has 0 N–H and O–H groups in total. The second-order valence-electron chi connectivity index (χ2n) is 8.13. The number of aryl methyl sites for hydroxylation is 2. The lowest BCUT2D eigenvalue weighted by atomic mass is 9.97. The number of methoxy groups -OCH3 is 2. The zero-order valence-electron chi connectivity index (χ0n) is 18.8. The molecule has 6 heteroatoms. The van der Waals surface area contributed by atoms with E-state index in [9.17, 15) is 9.59 Å². The van der Waals surface area contributed by atoms with Crippen molar-refractivity contribution in [1.82, 2.24) is 0 Å². The van der Waals surface area contributed by atoms with Gasteiger partial charge in [-0.05, 0) is 66.9 Å². The molecule has 5 rings (SSSR count). The minimum absolute atomic E-state index is 0.0664. The van der Waals surface area contributed by atoms with Crippen LogP contribution in [0.4, 0.5) is 5.69 Å². The van der Waals surface area contributed by atoms with Crippen molar-refractivity contribution in [3.05, 3.63) is 98.9 Å². The van der Waals surface area contributed by atoms with Gasteiger partial charge in [-0.1, -0.05) is 24.3 Å². The molecular weight excluding hydrogens is 418 g/mol. The summed E-state index contributed by atoms with van der Waals surface area (Å²) in [7, 11) is 3.12. The molecule has 0 aliphatic carbocycles. The van der Waals surface area contributed by atoms with Crippen LogP contribution in [0.3, 0.4) is 0 Å². The number of carbonyl (C=O) groups is 1. The van der Waals surface area contributed by atoms with Crippen molar-refractivity contribution in [2.24, 2.45) is 0 Å². The minimum Gasteiger partial charge on any atom is -0.493 e. The molecule has 0 bridgehead atoms.